The lowest BCUT2D eigenvalue weighted by molar-refractivity contribution is -0.137. The minimum absolute atomic E-state index is 0.0808. The van der Waals surface area contributed by atoms with Crippen LogP contribution in [0.2, 0.25) is 0 Å². The Morgan fingerprint density at radius 1 is 1.36 bits per heavy atom. The lowest BCUT2D eigenvalue weighted by atomic mass is 10.1. The number of oxime groups is 1. The van der Waals surface area contributed by atoms with Gasteiger partial charge in [0.2, 0.25) is 0 Å². The molecule has 0 radical (unpaired) electrons. The number of unbranched alkanes of at least 4 members (excludes halogenated alkanes) is 1. The fraction of sp³-hybridized carbons (Fsp3) is 0.312. The summed E-state index contributed by atoms with van der Waals surface area (Å²) in [6, 6.07) is 9.86. The van der Waals surface area contributed by atoms with Crippen LogP contribution in [0.4, 0.5) is 0 Å². The normalized spacial score (nSPS) is 12.4. The van der Waals surface area contributed by atoms with Gasteiger partial charge in [0, 0.05) is 18.8 Å². The van der Waals surface area contributed by atoms with Crippen LogP contribution in [0.5, 0.6) is 0 Å². The first-order valence-corrected chi connectivity index (χ1v) is 7.17. The first-order valence-electron chi connectivity index (χ1n) is 7.17. The van der Waals surface area contributed by atoms with Crippen LogP contribution >= 0.6 is 0 Å². The molecule has 6 heteroatoms. The van der Waals surface area contributed by atoms with E-state index in [2.05, 4.69) is 10.1 Å². The highest BCUT2D eigenvalue weighted by Gasteiger charge is 2.10. The predicted molar refractivity (Wildman–Crippen MR) is 82.7 cm³/mol. The summed E-state index contributed by atoms with van der Waals surface area (Å²) in [7, 11) is 0. The summed E-state index contributed by atoms with van der Waals surface area (Å²) in [5, 5.41) is 12.5. The molecule has 0 bridgehead atoms. The van der Waals surface area contributed by atoms with Gasteiger partial charge in [0.25, 0.3) is 0 Å². The van der Waals surface area contributed by atoms with Gasteiger partial charge in [0.1, 0.15) is 6.61 Å². The standard InChI is InChI=1S/C16H19N3O3/c20-16(21)8-4-5-11-22-18-12-15(19-10-9-17-13-19)14-6-2-1-3-7-14/h1-3,6-7,9-10,12-13,15H,4-5,8,11H2,(H,20,21)/b18-12-. The van der Waals surface area contributed by atoms with Gasteiger partial charge in [-0.3, -0.25) is 4.79 Å². The van der Waals surface area contributed by atoms with Gasteiger partial charge in [-0.25, -0.2) is 4.98 Å². The largest absolute Gasteiger partial charge is 0.481 e. The zero-order valence-corrected chi connectivity index (χ0v) is 12.2. The van der Waals surface area contributed by atoms with Crippen molar-refractivity contribution in [1.82, 2.24) is 9.55 Å². The highest BCUT2D eigenvalue weighted by Crippen LogP contribution is 2.15. The molecule has 0 saturated heterocycles. The molecule has 2 rings (SSSR count). The molecule has 0 amide bonds. The number of hydrogen-bond acceptors (Lipinski definition) is 4. The smallest absolute Gasteiger partial charge is 0.303 e. The topological polar surface area (TPSA) is 76.7 Å². The molecule has 0 aliphatic rings. The van der Waals surface area contributed by atoms with E-state index < -0.39 is 5.97 Å². The molecule has 1 aromatic heterocycles. The lowest BCUT2D eigenvalue weighted by Gasteiger charge is -2.13. The lowest BCUT2D eigenvalue weighted by Crippen LogP contribution is -2.10. The summed E-state index contributed by atoms with van der Waals surface area (Å²) < 4.78 is 1.94. The first kappa shape index (κ1) is 15.8. The van der Waals surface area contributed by atoms with E-state index in [0.29, 0.717) is 19.4 Å². The van der Waals surface area contributed by atoms with Gasteiger partial charge in [0.15, 0.2) is 0 Å². The Balaban J connectivity index is 1.88. The minimum Gasteiger partial charge on any atom is -0.481 e. The van der Waals surface area contributed by atoms with Crippen LogP contribution in [0, 0.1) is 0 Å². The predicted octanol–water partition coefficient (Wildman–Crippen LogP) is 2.73. The second-order valence-corrected chi connectivity index (χ2v) is 4.80. The molecule has 22 heavy (non-hydrogen) atoms. The Morgan fingerprint density at radius 3 is 2.86 bits per heavy atom. The molecule has 0 fully saturated rings. The number of imidazole rings is 1. The molecule has 0 aliphatic heterocycles. The van der Waals surface area contributed by atoms with Crippen molar-refractivity contribution in [3.8, 4) is 0 Å². The van der Waals surface area contributed by atoms with E-state index in [-0.39, 0.29) is 12.5 Å². The van der Waals surface area contributed by atoms with Crippen molar-refractivity contribution in [1.29, 1.82) is 0 Å². The fourth-order valence-electron chi connectivity index (χ4n) is 2.02. The summed E-state index contributed by atoms with van der Waals surface area (Å²) in [4.78, 5) is 19.7. The van der Waals surface area contributed by atoms with E-state index in [9.17, 15) is 4.79 Å². The maximum absolute atomic E-state index is 10.4. The SMILES string of the molecule is O=C(O)CCCCO/N=C\C(c1ccccc1)n1ccnc1. The zero-order chi connectivity index (χ0) is 15.6. The number of carbonyl (C=O) groups is 1. The third-order valence-corrected chi connectivity index (χ3v) is 3.14. The fourth-order valence-corrected chi connectivity index (χ4v) is 2.02. The molecule has 1 heterocycles. The maximum atomic E-state index is 10.4. The summed E-state index contributed by atoms with van der Waals surface area (Å²) in [5.74, 6) is -0.784. The van der Waals surface area contributed by atoms with Crippen LogP contribution in [-0.2, 0) is 9.63 Å². The number of hydrogen-bond donors (Lipinski definition) is 1. The van der Waals surface area contributed by atoms with Crippen LogP contribution in [0.3, 0.4) is 0 Å². The van der Waals surface area contributed by atoms with Gasteiger partial charge in [-0.1, -0.05) is 35.5 Å². The Hall–Kier alpha value is -2.63. The van der Waals surface area contributed by atoms with E-state index in [4.69, 9.17) is 9.94 Å². The number of rotatable bonds is 9. The zero-order valence-electron chi connectivity index (χ0n) is 12.2. The Bertz CT molecular complexity index is 582. The molecular formula is C16H19N3O3. The van der Waals surface area contributed by atoms with E-state index >= 15 is 0 Å². The molecular weight excluding hydrogens is 282 g/mol. The van der Waals surface area contributed by atoms with Gasteiger partial charge in [0.05, 0.1) is 18.6 Å². The Morgan fingerprint density at radius 2 is 2.18 bits per heavy atom. The van der Waals surface area contributed by atoms with E-state index in [1.54, 1.807) is 18.7 Å². The number of aliphatic carboxylic acids is 1. The maximum Gasteiger partial charge on any atom is 0.303 e. The van der Waals surface area contributed by atoms with Crippen LogP contribution in [0.25, 0.3) is 0 Å². The average Bonchev–Trinajstić information content (AvgIpc) is 3.04. The summed E-state index contributed by atoms with van der Waals surface area (Å²) in [5.41, 5.74) is 1.08. The van der Waals surface area contributed by atoms with Crippen molar-refractivity contribution in [2.45, 2.75) is 25.3 Å². The average molecular weight is 301 g/mol. The van der Waals surface area contributed by atoms with Crippen LogP contribution in [0.15, 0.2) is 54.2 Å². The first-order chi connectivity index (χ1) is 10.8. The van der Waals surface area contributed by atoms with Gasteiger partial charge < -0.3 is 14.5 Å². The van der Waals surface area contributed by atoms with Crippen molar-refractivity contribution in [2.75, 3.05) is 6.61 Å². The number of benzene rings is 1. The van der Waals surface area contributed by atoms with Gasteiger partial charge in [-0.2, -0.15) is 0 Å². The number of carboxylic acid groups (broad SMARTS) is 1. The van der Waals surface area contributed by atoms with E-state index in [0.717, 1.165) is 5.56 Å². The monoisotopic (exact) mass is 301 g/mol. The van der Waals surface area contributed by atoms with Gasteiger partial charge in [-0.05, 0) is 18.4 Å². The third kappa shape index (κ3) is 5.05. The molecule has 0 saturated carbocycles. The molecule has 1 atom stereocenters. The van der Waals surface area contributed by atoms with Crippen molar-refractivity contribution in [2.24, 2.45) is 5.16 Å². The van der Waals surface area contributed by atoms with E-state index in [1.165, 1.54) is 0 Å². The highest BCUT2D eigenvalue weighted by molar-refractivity contribution is 5.67. The molecule has 1 aromatic carbocycles. The van der Waals surface area contributed by atoms with E-state index in [1.807, 2.05) is 41.1 Å². The quantitative estimate of drug-likeness (QED) is 0.439. The molecule has 0 spiro atoms. The number of aromatic nitrogens is 2. The van der Waals surface area contributed by atoms with Crippen LogP contribution in [-0.4, -0.2) is 33.4 Å². The molecule has 0 aliphatic carbocycles. The van der Waals surface area contributed by atoms with Crippen molar-refractivity contribution < 1.29 is 14.7 Å². The van der Waals surface area contributed by atoms with Crippen molar-refractivity contribution in [3.63, 3.8) is 0 Å². The highest BCUT2D eigenvalue weighted by atomic mass is 16.6. The number of nitrogens with zero attached hydrogens (tertiary/aromatic N) is 3. The molecule has 1 N–H and O–H groups in total. The number of carboxylic acids is 1. The van der Waals surface area contributed by atoms with Crippen LogP contribution < -0.4 is 0 Å². The summed E-state index contributed by atoms with van der Waals surface area (Å²) >= 11 is 0. The Labute approximate surface area is 129 Å². The molecule has 6 nitrogen and oxygen atoms in total. The third-order valence-electron chi connectivity index (χ3n) is 3.14. The van der Waals surface area contributed by atoms with Crippen LogP contribution in [0.1, 0.15) is 30.9 Å². The molecule has 2 aromatic rings. The molecule has 1 unspecified atom stereocenters. The summed E-state index contributed by atoms with van der Waals surface area (Å²) in [6.07, 6.45) is 8.46. The van der Waals surface area contributed by atoms with Crippen molar-refractivity contribution >= 4 is 12.2 Å². The van der Waals surface area contributed by atoms with Gasteiger partial charge in [-0.15, -0.1) is 0 Å². The van der Waals surface area contributed by atoms with Gasteiger partial charge >= 0.3 is 5.97 Å². The Kier molecular flexibility index (Phi) is 6.17. The second kappa shape index (κ2) is 8.61. The molecule has 116 valence electrons. The second-order valence-electron chi connectivity index (χ2n) is 4.80. The van der Waals surface area contributed by atoms with Crippen molar-refractivity contribution in [3.05, 3.63) is 54.6 Å². The minimum atomic E-state index is -0.784. The summed E-state index contributed by atoms with van der Waals surface area (Å²) in [6.45, 7) is 0.412.